The third-order valence-electron chi connectivity index (χ3n) is 10.6. The van der Waals surface area contributed by atoms with E-state index in [0.717, 1.165) is 68.2 Å². The number of methoxy groups -OCH3 is 1. The Hall–Kier alpha value is -3.66. The predicted molar refractivity (Wildman–Crippen MR) is 172 cm³/mol. The molecule has 3 aromatic carbocycles. The fraction of sp³-hybridized carbons (Fsp3) is 0.436. The molecule has 0 radical (unpaired) electrons. The molecule has 2 fully saturated rings. The quantitative estimate of drug-likeness (QED) is 0.215. The molecule has 0 aromatic heterocycles. The van der Waals surface area contributed by atoms with Crippen molar-refractivity contribution >= 4 is 17.8 Å². The highest BCUT2D eigenvalue weighted by atomic mass is 16.5. The van der Waals surface area contributed by atoms with Crippen molar-refractivity contribution in [2.45, 2.75) is 83.7 Å². The van der Waals surface area contributed by atoms with E-state index >= 15 is 0 Å². The molecule has 3 aliphatic carbocycles. The molecule has 2 saturated carbocycles. The second kappa shape index (κ2) is 12.9. The van der Waals surface area contributed by atoms with Gasteiger partial charge in [0.25, 0.3) is 0 Å². The van der Waals surface area contributed by atoms with Crippen LogP contribution in [-0.2, 0) is 22.7 Å². The van der Waals surface area contributed by atoms with Crippen LogP contribution in [0.4, 0.5) is 0 Å². The number of ketones is 1. The van der Waals surface area contributed by atoms with Crippen LogP contribution in [0.25, 0.3) is 6.08 Å². The summed E-state index contributed by atoms with van der Waals surface area (Å²) >= 11 is 0. The van der Waals surface area contributed by atoms with Crippen LogP contribution >= 0.6 is 0 Å². The van der Waals surface area contributed by atoms with E-state index in [4.69, 9.17) is 4.74 Å². The van der Waals surface area contributed by atoms with Crippen molar-refractivity contribution < 1.29 is 14.3 Å². The first-order valence-corrected chi connectivity index (χ1v) is 16.2. The lowest BCUT2D eigenvalue weighted by Gasteiger charge is -2.48. The van der Waals surface area contributed by atoms with E-state index in [1.165, 1.54) is 16.7 Å². The Bertz CT molecular complexity index is 1420. The molecule has 4 nitrogen and oxygen atoms in total. The average Bonchev–Trinajstić information content (AvgIpc) is 3.34. The third-order valence-corrected chi connectivity index (χ3v) is 10.6. The SMILES string of the molecule is COc1ccc2c(c1)C=C(CCCCCC(=O)N(Cc1ccccc1)Cc1ccccc1)[C@@H]1[C@@H]2CC[C@]2(C)C(=O)CC[C@@H]12. The summed E-state index contributed by atoms with van der Waals surface area (Å²) in [6.45, 7) is 3.51. The van der Waals surface area contributed by atoms with Crippen molar-refractivity contribution in [1.82, 2.24) is 4.90 Å². The molecule has 4 heteroatoms. The van der Waals surface area contributed by atoms with Gasteiger partial charge in [-0.1, -0.05) is 91.7 Å². The average molecular weight is 576 g/mol. The topological polar surface area (TPSA) is 46.6 Å². The van der Waals surface area contributed by atoms with Crippen molar-refractivity contribution in [3.63, 3.8) is 0 Å². The molecule has 3 aliphatic rings. The van der Waals surface area contributed by atoms with Crippen LogP contribution in [0.3, 0.4) is 0 Å². The summed E-state index contributed by atoms with van der Waals surface area (Å²) in [5.41, 5.74) is 6.38. The van der Waals surface area contributed by atoms with Crippen molar-refractivity contribution in [3.8, 4) is 5.75 Å². The molecule has 6 rings (SSSR count). The zero-order valence-corrected chi connectivity index (χ0v) is 25.8. The van der Waals surface area contributed by atoms with Gasteiger partial charge >= 0.3 is 0 Å². The van der Waals surface area contributed by atoms with Crippen LogP contribution in [0.15, 0.2) is 84.4 Å². The number of rotatable bonds is 11. The number of allylic oxidation sites excluding steroid dienone is 1. The Morgan fingerprint density at radius 2 is 1.60 bits per heavy atom. The summed E-state index contributed by atoms with van der Waals surface area (Å²) < 4.78 is 5.57. The number of amides is 1. The lowest BCUT2D eigenvalue weighted by Crippen LogP contribution is -2.42. The standard InChI is InChI=1S/C39H45NO3/c1-39-23-22-34-33-19-18-32(43-2)25-31(33)24-30(38(34)35(39)20-21-36(39)41)16-10-5-11-17-37(42)40(26-28-12-6-3-7-13-28)27-29-14-8-4-9-15-29/h3-4,6-9,12-15,18-19,24-25,34-35,38H,5,10-11,16-17,20-23,26-27H2,1-2H3/t34-,35+,38-,39+/m1/s1. The fourth-order valence-electron chi connectivity index (χ4n) is 8.24. The van der Waals surface area contributed by atoms with E-state index in [-0.39, 0.29) is 11.3 Å². The van der Waals surface area contributed by atoms with Crippen molar-refractivity contribution in [3.05, 3.63) is 107 Å². The molecule has 0 unspecified atom stereocenters. The summed E-state index contributed by atoms with van der Waals surface area (Å²) in [6.07, 6.45) is 10.8. The van der Waals surface area contributed by atoms with Crippen molar-refractivity contribution in [2.75, 3.05) is 7.11 Å². The summed E-state index contributed by atoms with van der Waals surface area (Å²) in [4.78, 5) is 28.5. The minimum Gasteiger partial charge on any atom is -0.497 e. The van der Waals surface area contributed by atoms with Crippen LogP contribution in [0.5, 0.6) is 5.75 Å². The first-order valence-electron chi connectivity index (χ1n) is 16.2. The molecule has 4 atom stereocenters. The van der Waals surface area contributed by atoms with E-state index in [1.807, 2.05) is 41.3 Å². The first-order chi connectivity index (χ1) is 21.0. The minimum absolute atomic E-state index is 0.169. The molecule has 43 heavy (non-hydrogen) atoms. The number of unbranched alkanes of at least 4 members (excludes halogenated alkanes) is 2. The van der Waals surface area contributed by atoms with Gasteiger partial charge in [0.05, 0.1) is 7.11 Å². The van der Waals surface area contributed by atoms with Crippen molar-refractivity contribution in [1.29, 1.82) is 0 Å². The molecule has 0 bridgehead atoms. The Labute approximate surface area is 257 Å². The van der Waals surface area contributed by atoms with Crippen LogP contribution in [0.1, 0.15) is 92.9 Å². The molecular weight excluding hydrogens is 530 g/mol. The van der Waals surface area contributed by atoms with Gasteiger partial charge in [-0.15, -0.1) is 0 Å². The highest BCUT2D eigenvalue weighted by Gasteiger charge is 2.55. The van der Waals surface area contributed by atoms with Crippen LogP contribution in [-0.4, -0.2) is 23.7 Å². The normalized spacial score (nSPS) is 24.0. The lowest BCUT2D eigenvalue weighted by molar-refractivity contribution is -0.132. The highest BCUT2D eigenvalue weighted by molar-refractivity contribution is 5.87. The number of hydrogen-bond donors (Lipinski definition) is 0. The number of hydrogen-bond acceptors (Lipinski definition) is 3. The van der Waals surface area contributed by atoms with E-state index in [0.29, 0.717) is 43.0 Å². The van der Waals surface area contributed by atoms with E-state index in [2.05, 4.69) is 55.5 Å². The molecule has 0 saturated heterocycles. The lowest BCUT2D eigenvalue weighted by atomic mass is 9.55. The molecule has 224 valence electrons. The Kier molecular flexibility index (Phi) is 8.83. The van der Waals surface area contributed by atoms with Gasteiger partial charge in [-0.25, -0.2) is 0 Å². The summed E-state index contributed by atoms with van der Waals surface area (Å²) in [7, 11) is 1.73. The highest BCUT2D eigenvalue weighted by Crippen LogP contribution is 2.61. The van der Waals surface area contributed by atoms with Crippen LogP contribution in [0.2, 0.25) is 0 Å². The molecule has 0 N–H and O–H groups in total. The summed E-state index contributed by atoms with van der Waals surface area (Å²) in [5, 5.41) is 0. The monoisotopic (exact) mass is 575 g/mol. The van der Waals surface area contributed by atoms with Gasteiger partial charge in [-0.2, -0.15) is 0 Å². The molecule has 0 aliphatic heterocycles. The summed E-state index contributed by atoms with van der Waals surface area (Å²) in [5.74, 6) is 2.96. The maximum Gasteiger partial charge on any atom is 0.223 e. The fourth-order valence-corrected chi connectivity index (χ4v) is 8.24. The second-order valence-electron chi connectivity index (χ2n) is 13.2. The number of nitrogens with zero attached hydrogens (tertiary/aromatic N) is 1. The minimum atomic E-state index is -0.169. The zero-order chi connectivity index (χ0) is 29.8. The molecule has 1 amide bonds. The van der Waals surface area contributed by atoms with Crippen LogP contribution in [0, 0.1) is 17.3 Å². The van der Waals surface area contributed by atoms with E-state index in [9.17, 15) is 9.59 Å². The molecule has 0 spiro atoms. The van der Waals surface area contributed by atoms with Gasteiger partial charge in [-0.3, -0.25) is 9.59 Å². The smallest absolute Gasteiger partial charge is 0.223 e. The van der Waals surface area contributed by atoms with Gasteiger partial charge in [-0.05, 0) is 90.7 Å². The number of Topliss-reactive ketones (excluding diaryl/α,β-unsaturated/α-hetero) is 1. The number of benzene rings is 3. The Morgan fingerprint density at radius 1 is 0.907 bits per heavy atom. The number of fused-ring (bicyclic) bond motifs is 5. The molecule has 0 heterocycles. The van der Waals surface area contributed by atoms with Gasteiger partial charge in [0, 0.05) is 31.3 Å². The number of carbonyl (C=O) groups is 2. The van der Waals surface area contributed by atoms with Gasteiger partial charge in [0.1, 0.15) is 11.5 Å². The third kappa shape index (κ3) is 6.20. The van der Waals surface area contributed by atoms with E-state index < -0.39 is 0 Å². The van der Waals surface area contributed by atoms with Gasteiger partial charge in [0.15, 0.2) is 0 Å². The zero-order valence-electron chi connectivity index (χ0n) is 25.8. The molecule has 3 aromatic rings. The number of carbonyl (C=O) groups excluding carboxylic acids is 2. The second-order valence-corrected chi connectivity index (χ2v) is 13.2. The largest absolute Gasteiger partial charge is 0.497 e. The molecular formula is C39H45NO3. The van der Waals surface area contributed by atoms with E-state index in [1.54, 1.807) is 7.11 Å². The van der Waals surface area contributed by atoms with Crippen LogP contribution < -0.4 is 4.74 Å². The van der Waals surface area contributed by atoms with Gasteiger partial charge in [0.2, 0.25) is 5.91 Å². The van der Waals surface area contributed by atoms with Crippen molar-refractivity contribution in [2.24, 2.45) is 17.3 Å². The first kappa shape index (κ1) is 29.4. The predicted octanol–water partition coefficient (Wildman–Crippen LogP) is 8.75. The Morgan fingerprint density at radius 3 is 2.28 bits per heavy atom. The summed E-state index contributed by atoms with van der Waals surface area (Å²) in [6, 6.07) is 27.1. The maximum atomic E-state index is 13.5. The Balaban J connectivity index is 1.11. The maximum absolute atomic E-state index is 13.5. The van der Waals surface area contributed by atoms with Gasteiger partial charge < -0.3 is 9.64 Å². The number of ether oxygens (including phenoxy) is 1.